The Morgan fingerprint density at radius 1 is 1.06 bits per heavy atom. The van der Waals surface area contributed by atoms with Crippen molar-refractivity contribution in [2.45, 2.75) is 10.8 Å². The summed E-state index contributed by atoms with van der Waals surface area (Å²) in [7, 11) is 0. The molecule has 0 unspecified atom stereocenters. The van der Waals surface area contributed by atoms with Gasteiger partial charge in [-0.05, 0) is 17.7 Å². The van der Waals surface area contributed by atoms with Gasteiger partial charge in [0.2, 0.25) is 0 Å². The van der Waals surface area contributed by atoms with Crippen LogP contribution in [0.4, 0.5) is 0 Å². The van der Waals surface area contributed by atoms with Crippen molar-refractivity contribution in [1.29, 1.82) is 0 Å². The lowest BCUT2D eigenvalue weighted by Crippen LogP contribution is -1.84. The predicted octanol–water partition coefficient (Wildman–Crippen LogP) is 4.08. The molecule has 0 atom stereocenters. The fraction of sp³-hybridized carbons (Fsp3) is 0.0909. The quantitative estimate of drug-likeness (QED) is 0.621. The fourth-order valence-electron chi connectivity index (χ4n) is 1.13. The van der Waals surface area contributed by atoms with Crippen LogP contribution in [0.25, 0.3) is 0 Å². The van der Waals surface area contributed by atoms with Gasteiger partial charge in [-0.1, -0.05) is 35.3 Å². The molecule has 1 heterocycles. The Kier molecular flexibility index (Phi) is 4.04. The molecule has 0 saturated carbocycles. The maximum Gasteiger partial charge on any atom is 0.133 e. The Hall–Kier alpha value is -0.770. The molecule has 0 bridgehead atoms. The molecular weight excluding hydrogens is 263 g/mol. The summed E-state index contributed by atoms with van der Waals surface area (Å²) >= 11 is 13.2. The molecule has 1 aromatic heterocycles. The second-order valence-corrected chi connectivity index (χ2v) is 4.91. The van der Waals surface area contributed by atoms with Gasteiger partial charge in [0.1, 0.15) is 16.5 Å². The van der Waals surface area contributed by atoms with Gasteiger partial charge in [0.25, 0.3) is 0 Å². The van der Waals surface area contributed by atoms with E-state index in [9.17, 15) is 0 Å². The van der Waals surface area contributed by atoms with Crippen molar-refractivity contribution < 1.29 is 0 Å². The van der Waals surface area contributed by atoms with E-state index in [-0.39, 0.29) is 0 Å². The third-order valence-electron chi connectivity index (χ3n) is 1.91. The monoisotopic (exact) mass is 270 g/mol. The molecule has 82 valence electrons. The van der Waals surface area contributed by atoms with E-state index < -0.39 is 0 Å². The van der Waals surface area contributed by atoms with Crippen LogP contribution in [0.15, 0.2) is 41.7 Å². The third-order valence-corrected chi connectivity index (χ3v) is 3.36. The zero-order chi connectivity index (χ0) is 11.4. The molecule has 2 aromatic rings. The minimum absolute atomic E-state index is 0.466. The summed E-state index contributed by atoms with van der Waals surface area (Å²) in [5, 5.41) is 2.09. The minimum Gasteiger partial charge on any atom is -0.230 e. The zero-order valence-electron chi connectivity index (χ0n) is 8.23. The molecule has 0 aliphatic heterocycles. The largest absolute Gasteiger partial charge is 0.230 e. The van der Waals surface area contributed by atoms with Crippen LogP contribution in [0.3, 0.4) is 0 Å². The van der Waals surface area contributed by atoms with Crippen LogP contribution in [0.1, 0.15) is 5.56 Å². The molecular formula is C11H8Cl2N2S. The van der Waals surface area contributed by atoms with Crippen LogP contribution in [-0.2, 0) is 5.75 Å². The number of hydrogen-bond donors (Lipinski definition) is 0. The van der Waals surface area contributed by atoms with Crippen molar-refractivity contribution in [3.8, 4) is 0 Å². The average Bonchev–Trinajstić information content (AvgIpc) is 2.28. The van der Waals surface area contributed by atoms with E-state index in [2.05, 4.69) is 9.97 Å². The Labute approximate surface area is 108 Å². The van der Waals surface area contributed by atoms with Gasteiger partial charge in [0.15, 0.2) is 0 Å². The van der Waals surface area contributed by atoms with E-state index in [1.807, 2.05) is 24.3 Å². The number of nitrogens with zero attached hydrogens (tertiary/aromatic N) is 2. The molecule has 2 nitrogen and oxygen atoms in total. The highest BCUT2D eigenvalue weighted by molar-refractivity contribution is 7.98. The van der Waals surface area contributed by atoms with Gasteiger partial charge >= 0.3 is 0 Å². The maximum atomic E-state index is 5.80. The molecule has 16 heavy (non-hydrogen) atoms. The van der Waals surface area contributed by atoms with Crippen molar-refractivity contribution >= 4 is 35.0 Å². The minimum atomic E-state index is 0.466. The second-order valence-electron chi connectivity index (χ2n) is 3.09. The predicted molar refractivity (Wildman–Crippen MR) is 68.1 cm³/mol. The molecule has 2 rings (SSSR count). The van der Waals surface area contributed by atoms with Crippen molar-refractivity contribution in [2.75, 3.05) is 0 Å². The fourth-order valence-corrected chi connectivity index (χ4v) is 2.30. The first-order valence-corrected chi connectivity index (χ1v) is 6.33. The molecule has 0 N–H and O–H groups in total. The molecule has 5 heteroatoms. The van der Waals surface area contributed by atoms with Gasteiger partial charge in [-0.3, -0.25) is 0 Å². The summed E-state index contributed by atoms with van der Waals surface area (Å²) < 4.78 is 0. The van der Waals surface area contributed by atoms with E-state index in [0.717, 1.165) is 15.8 Å². The highest BCUT2D eigenvalue weighted by Gasteiger charge is 1.99. The van der Waals surface area contributed by atoms with E-state index in [0.29, 0.717) is 5.15 Å². The van der Waals surface area contributed by atoms with E-state index in [4.69, 9.17) is 23.2 Å². The molecule has 0 aliphatic rings. The first-order chi connectivity index (χ1) is 7.74. The molecule has 0 spiro atoms. The van der Waals surface area contributed by atoms with Crippen LogP contribution in [0.5, 0.6) is 0 Å². The van der Waals surface area contributed by atoms with E-state index >= 15 is 0 Å². The van der Waals surface area contributed by atoms with Gasteiger partial charge in [0, 0.05) is 16.8 Å². The van der Waals surface area contributed by atoms with Crippen LogP contribution >= 0.6 is 35.0 Å². The highest BCUT2D eigenvalue weighted by atomic mass is 35.5. The van der Waals surface area contributed by atoms with Gasteiger partial charge in [0.05, 0.1) is 0 Å². The van der Waals surface area contributed by atoms with E-state index in [1.54, 1.807) is 17.8 Å². The third kappa shape index (κ3) is 3.37. The van der Waals surface area contributed by atoms with Gasteiger partial charge < -0.3 is 0 Å². The lowest BCUT2D eigenvalue weighted by atomic mass is 10.2. The first kappa shape index (κ1) is 11.7. The Balaban J connectivity index is 1.99. The summed E-state index contributed by atoms with van der Waals surface area (Å²) in [5.41, 5.74) is 1.20. The summed E-state index contributed by atoms with van der Waals surface area (Å²) in [5.74, 6) is 0.838. The van der Waals surface area contributed by atoms with Crippen molar-refractivity contribution in [1.82, 2.24) is 9.97 Å². The molecule has 0 radical (unpaired) electrons. The van der Waals surface area contributed by atoms with Gasteiger partial charge in [-0.15, -0.1) is 11.8 Å². The maximum absolute atomic E-state index is 5.80. The first-order valence-electron chi connectivity index (χ1n) is 4.59. The molecule has 0 fully saturated rings. The van der Waals surface area contributed by atoms with Gasteiger partial charge in [-0.25, -0.2) is 9.97 Å². The summed E-state index contributed by atoms with van der Waals surface area (Å²) in [6, 6.07) is 9.51. The Morgan fingerprint density at radius 2 is 1.81 bits per heavy atom. The topological polar surface area (TPSA) is 25.8 Å². The van der Waals surface area contributed by atoms with Crippen LogP contribution < -0.4 is 0 Å². The van der Waals surface area contributed by atoms with Gasteiger partial charge in [-0.2, -0.15) is 0 Å². The molecule has 0 aliphatic carbocycles. The molecule has 0 saturated heterocycles. The lowest BCUT2D eigenvalue weighted by molar-refractivity contribution is 1.05. The van der Waals surface area contributed by atoms with Crippen molar-refractivity contribution in [3.63, 3.8) is 0 Å². The number of aromatic nitrogens is 2. The summed E-state index contributed by atoms with van der Waals surface area (Å²) in [6.07, 6.45) is 1.46. The SMILES string of the molecule is Clc1ccc(CSc2cc(Cl)ncn2)cc1. The summed E-state index contributed by atoms with van der Waals surface area (Å²) in [4.78, 5) is 7.94. The van der Waals surface area contributed by atoms with Crippen molar-refractivity contribution in [3.05, 3.63) is 52.4 Å². The number of halogens is 2. The average molecular weight is 271 g/mol. The second kappa shape index (κ2) is 5.53. The van der Waals surface area contributed by atoms with Crippen LogP contribution in [0.2, 0.25) is 10.2 Å². The molecule has 1 aromatic carbocycles. The zero-order valence-corrected chi connectivity index (χ0v) is 10.6. The van der Waals surface area contributed by atoms with Crippen LogP contribution in [0, 0.1) is 0 Å². The van der Waals surface area contributed by atoms with Crippen molar-refractivity contribution in [2.24, 2.45) is 0 Å². The Bertz CT molecular complexity index is 474. The van der Waals surface area contributed by atoms with E-state index in [1.165, 1.54) is 11.9 Å². The smallest absolute Gasteiger partial charge is 0.133 e. The molecule has 0 amide bonds. The standard InChI is InChI=1S/C11H8Cl2N2S/c12-9-3-1-8(2-4-9)6-16-11-5-10(13)14-7-15-11/h1-5,7H,6H2. The normalized spacial score (nSPS) is 10.4. The number of thioether (sulfide) groups is 1. The Morgan fingerprint density at radius 3 is 2.50 bits per heavy atom. The van der Waals surface area contributed by atoms with Crippen LogP contribution in [-0.4, -0.2) is 9.97 Å². The highest BCUT2D eigenvalue weighted by Crippen LogP contribution is 2.22. The number of rotatable bonds is 3. The number of benzene rings is 1. The summed E-state index contributed by atoms with van der Waals surface area (Å²) in [6.45, 7) is 0. The number of hydrogen-bond acceptors (Lipinski definition) is 3. The lowest BCUT2D eigenvalue weighted by Gasteiger charge is -2.01.